The summed E-state index contributed by atoms with van der Waals surface area (Å²) >= 11 is 5.48. The SMILES string of the molecule is O=C(Cl)C1CC=C(c2ccccc2)CC1. The summed E-state index contributed by atoms with van der Waals surface area (Å²) in [6.07, 6.45) is 4.76. The van der Waals surface area contributed by atoms with Crippen molar-refractivity contribution < 1.29 is 4.79 Å². The van der Waals surface area contributed by atoms with Gasteiger partial charge in [0.05, 0.1) is 0 Å². The van der Waals surface area contributed by atoms with Gasteiger partial charge in [-0.2, -0.15) is 0 Å². The van der Waals surface area contributed by atoms with Crippen LogP contribution in [-0.4, -0.2) is 5.24 Å². The van der Waals surface area contributed by atoms with Crippen LogP contribution in [0, 0.1) is 5.92 Å². The maximum Gasteiger partial charge on any atom is 0.225 e. The summed E-state index contributed by atoms with van der Waals surface area (Å²) in [6, 6.07) is 10.3. The Kier molecular flexibility index (Phi) is 3.22. The van der Waals surface area contributed by atoms with E-state index in [1.165, 1.54) is 11.1 Å². The van der Waals surface area contributed by atoms with Crippen LogP contribution in [0.5, 0.6) is 0 Å². The molecule has 1 aliphatic carbocycles. The van der Waals surface area contributed by atoms with Crippen LogP contribution in [0.3, 0.4) is 0 Å². The van der Waals surface area contributed by atoms with E-state index in [2.05, 4.69) is 18.2 Å². The lowest BCUT2D eigenvalue weighted by Gasteiger charge is -2.18. The molecule has 0 aliphatic heterocycles. The minimum atomic E-state index is -0.196. The van der Waals surface area contributed by atoms with E-state index in [0.29, 0.717) is 0 Å². The molecule has 0 radical (unpaired) electrons. The monoisotopic (exact) mass is 220 g/mol. The lowest BCUT2D eigenvalue weighted by Crippen LogP contribution is -2.11. The standard InChI is InChI=1S/C13H13ClO/c14-13(15)12-8-6-11(7-9-12)10-4-2-1-3-5-10/h1-6,12H,7-9H2. The van der Waals surface area contributed by atoms with Gasteiger partial charge in [-0.25, -0.2) is 0 Å². The number of carbonyl (C=O) groups is 1. The molecule has 0 spiro atoms. The summed E-state index contributed by atoms with van der Waals surface area (Å²) in [5.74, 6) is 0.0270. The molecule has 0 heterocycles. The number of allylic oxidation sites excluding steroid dienone is 2. The molecule has 2 heteroatoms. The number of carbonyl (C=O) groups excluding carboxylic acids is 1. The van der Waals surface area contributed by atoms with Crippen molar-refractivity contribution in [2.75, 3.05) is 0 Å². The second kappa shape index (κ2) is 4.63. The third-order valence-electron chi connectivity index (χ3n) is 2.88. The fraction of sp³-hybridized carbons (Fsp3) is 0.308. The van der Waals surface area contributed by atoms with Gasteiger partial charge in [-0.3, -0.25) is 4.79 Å². The summed E-state index contributed by atoms with van der Waals surface area (Å²) in [5, 5.41) is -0.196. The van der Waals surface area contributed by atoms with E-state index in [4.69, 9.17) is 11.6 Å². The maximum atomic E-state index is 11.0. The summed E-state index contributed by atoms with van der Waals surface area (Å²) < 4.78 is 0. The van der Waals surface area contributed by atoms with Crippen LogP contribution < -0.4 is 0 Å². The molecule has 1 atom stereocenters. The Hall–Kier alpha value is -1.08. The maximum absolute atomic E-state index is 11.0. The molecule has 1 aromatic rings. The van der Waals surface area contributed by atoms with E-state index >= 15 is 0 Å². The van der Waals surface area contributed by atoms with E-state index in [9.17, 15) is 4.79 Å². The van der Waals surface area contributed by atoms with Gasteiger partial charge < -0.3 is 0 Å². The molecular weight excluding hydrogens is 208 g/mol. The fourth-order valence-corrected chi connectivity index (χ4v) is 2.15. The minimum absolute atomic E-state index is 0.0270. The molecule has 0 aromatic heterocycles. The Labute approximate surface area is 94.8 Å². The molecule has 0 amide bonds. The van der Waals surface area contributed by atoms with Crippen molar-refractivity contribution in [3.8, 4) is 0 Å². The van der Waals surface area contributed by atoms with Crippen molar-refractivity contribution in [1.29, 1.82) is 0 Å². The third-order valence-corrected chi connectivity index (χ3v) is 3.19. The van der Waals surface area contributed by atoms with Crippen LogP contribution in [-0.2, 0) is 4.79 Å². The van der Waals surface area contributed by atoms with Crippen molar-refractivity contribution in [1.82, 2.24) is 0 Å². The van der Waals surface area contributed by atoms with Crippen LogP contribution in [0.4, 0.5) is 0 Å². The zero-order valence-electron chi connectivity index (χ0n) is 8.45. The van der Waals surface area contributed by atoms with Crippen molar-refractivity contribution in [2.45, 2.75) is 19.3 Å². The number of halogens is 1. The second-order valence-corrected chi connectivity index (χ2v) is 4.24. The van der Waals surface area contributed by atoms with Gasteiger partial charge in [0.2, 0.25) is 5.24 Å². The third kappa shape index (κ3) is 2.48. The molecule has 1 aliphatic rings. The molecule has 15 heavy (non-hydrogen) atoms. The summed E-state index contributed by atoms with van der Waals surface area (Å²) in [5.41, 5.74) is 2.60. The van der Waals surface area contributed by atoms with Crippen LogP contribution in [0.25, 0.3) is 5.57 Å². The Bertz CT molecular complexity index is 381. The molecule has 1 aromatic carbocycles. The lowest BCUT2D eigenvalue weighted by molar-refractivity contribution is -0.115. The molecule has 0 saturated carbocycles. The lowest BCUT2D eigenvalue weighted by atomic mass is 9.87. The normalized spacial score (nSPS) is 20.9. The quantitative estimate of drug-likeness (QED) is 0.696. The predicted octanol–water partition coefficient (Wildman–Crippen LogP) is 3.64. The smallest absolute Gasteiger partial charge is 0.225 e. The molecule has 1 unspecified atom stereocenters. The molecular formula is C13H13ClO. The summed E-state index contributed by atoms with van der Waals surface area (Å²) in [7, 11) is 0. The molecule has 0 fully saturated rings. The van der Waals surface area contributed by atoms with Gasteiger partial charge in [-0.1, -0.05) is 36.4 Å². The zero-order valence-corrected chi connectivity index (χ0v) is 9.20. The zero-order chi connectivity index (χ0) is 10.7. The van der Waals surface area contributed by atoms with Crippen LogP contribution >= 0.6 is 11.6 Å². The highest BCUT2D eigenvalue weighted by atomic mass is 35.5. The first-order valence-electron chi connectivity index (χ1n) is 5.21. The van der Waals surface area contributed by atoms with E-state index in [-0.39, 0.29) is 11.2 Å². The average molecular weight is 221 g/mol. The minimum Gasteiger partial charge on any atom is -0.281 e. The van der Waals surface area contributed by atoms with Gasteiger partial charge in [0.1, 0.15) is 0 Å². The fourth-order valence-electron chi connectivity index (χ4n) is 1.95. The largest absolute Gasteiger partial charge is 0.281 e. The highest BCUT2D eigenvalue weighted by Crippen LogP contribution is 2.30. The molecule has 0 bridgehead atoms. The van der Waals surface area contributed by atoms with Gasteiger partial charge in [0, 0.05) is 5.92 Å². The molecule has 0 saturated heterocycles. The van der Waals surface area contributed by atoms with Crippen molar-refractivity contribution in [3.05, 3.63) is 42.0 Å². The van der Waals surface area contributed by atoms with Crippen LogP contribution in [0.2, 0.25) is 0 Å². The first-order valence-corrected chi connectivity index (χ1v) is 5.59. The summed E-state index contributed by atoms with van der Waals surface area (Å²) in [4.78, 5) is 11.0. The number of benzene rings is 1. The number of hydrogen-bond donors (Lipinski definition) is 0. The van der Waals surface area contributed by atoms with Gasteiger partial charge in [-0.15, -0.1) is 0 Å². The van der Waals surface area contributed by atoms with Crippen molar-refractivity contribution in [3.63, 3.8) is 0 Å². The number of rotatable bonds is 2. The Balaban J connectivity index is 2.12. The molecule has 78 valence electrons. The van der Waals surface area contributed by atoms with E-state index < -0.39 is 0 Å². The van der Waals surface area contributed by atoms with Gasteiger partial charge >= 0.3 is 0 Å². The topological polar surface area (TPSA) is 17.1 Å². The van der Waals surface area contributed by atoms with E-state index in [1.54, 1.807) is 0 Å². The van der Waals surface area contributed by atoms with Gasteiger partial charge in [0.25, 0.3) is 0 Å². The first kappa shape index (κ1) is 10.4. The van der Waals surface area contributed by atoms with Gasteiger partial charge in [-0.05, 0) is 42.0 Å². The predicted molar refractivity (Wildman–Crippen MR) is 62.6 cm³/mol. The second-order valence-electron chi connectivity index (χ2n) is 3.87. The van der Waals surface area contributed by atoms with E-state index in [0.717, 1.165) is 19.3 Å². The average Bonchev–Trinajstić information content (AvgIpc) is 2.30. The van der Waals surface area contributed by atoms with Crippen molar-refractivity contribution in [2.24, 2.45) is 5.92 Å². The summed E-state index contributed by atoms with van der Waals surface area (Å²) in [6.45, 7) is 0. The molecule has 2 rings (SSSR count). The molecule has 1 nitrogen and oxygen atoms in total. The Morgan fingerprint density at radius 2 is 2.00 bits per heavy atom. The Morgan fingerprint density at radius 3 is 2.53 bits per heavy atom. The van der Waals surface area contributed by atoms with Gasteiger partial charge in [0.15, 0.2) is 0 Å². The van der Waals surface area contributed by atoms with Crippen molar-refractivity contribution >= 4 is 22.4 Å². The van der Waals surface area contributed by atoms with Crippen LogP contribution in [0.15, 0.2) is 36.4 Å². The van der Waals surface area contributed by atoms with Crippen LogP contribution in [0.1, 0.15) is 24.8 Å². The van der Waals surface area contributed by atoms with E-state index in [1.807, 2.05) is 18.2 Å². The number of hydrogen-bond acceptors (Lipinski definition) is 1. The highest BCUT2D eigenvalue weighted by molar-refractivity contribution is 6.64. The first-order chi connectivity index (χ1) is 7.27. The molecule has 0 N–H and O–H groups in total. The highest BCUT2D eigenvalue weighted by Gasteiger charge is 2.19. The Morgan fingerprint density at radius 1 is 1.27 bits per heavy atom.